The van der Waals surface area contributed by atoms with Gasteiger partial charge in [0.15, 0.2) is 11.5 Å². The highest BCUT2D eigenvalue weighted by Gasteiger charge is 2.25. The first kappa shape index (κ1) is 19.8. The number of benzene rings is 1. The van der Waals surface area contributed by atoms with Crippen molar-refractivity contribution in [1.29, 1.82) is 0 Å². The Morgan fingerprint density at radius 3 is 2.08 bits per heavy atom. The van der Waals surface area contributed by atoms with Gasteiger partial charge in [-0.2, -0.15) is 0 Å². The average molecular weight is 347 g/mol. The number of ether oxygens (including phenoxy) is 2. The molecule has 0 spiro atoms. The number of rotatable bonds is 12. The number of hydrogen-bond acceptors (Lipinski definition) is 3. The van der Waals surface area contributed by atoms with E-state index in [0.29, 0.717) is 13.2 Å². The summed E-state index contributed by atoms with van der Waals surface area (Å²) in [6.07, 6.45) is 11.7. The third kappa shape index (κ3) is 5.50. The van der Waals surface area contributed by atoms with Crippen LogP contribution in [0.25, 0.3) is 6.08 Å². The van der Waals surface area contributed by atoms with Crippen LogP contribution in [0.3, 0.4) is 0 Å². The molecule has 0 aromatic heterocycles. The van der Waals surface area contributed by atoms with Crippen LogP contribution in [0.5, 0.6) is 11.5 Å². The van der Waals surface area contributed by atoms with Crippen LogP contribution < -0.4 is 9.47 Å². The van der Waals surface area contributed by atoms with Crippen LogP contribution in [0, 0.1) is 0 Å². The predicted octanol–water partition coefficient (Wildman–Crippen LogP) is 6.06. The van der Waals surface area contributed by atoms with E-state index >= 15 is 0 Å². The Morgan fingerprint density at radius 2 is 1.44 bits per heavy atom. The van der Waals surface area contributed by atoms with Gasteiger partial charge in [-0.05, 0) is 55.5 Å². The highest BCUT2D eigenvalue weighted by Crippen LogP contribution is 2.42. The fourth-order valence-electron chi connectivity index (χ4n) is 3.46. The van der Waals surface area contributed by atoms with Crippen molar-refractivity contribution in [3.63, 3.8) is 0 Å². The minimum atomic E-state index is -0.495. The molecule has 0 bridgehead atoms. The zero-order valence-corrected chi connectivity index (χ0v) is 16.1. The van der Waals surface area contributed by atoms with Crippen LogP contribution in [-0.2, 0) is 0 Å². The summed E-state index contributed by atoms with van der Waals surface area (Å²) >= 11 is 0. The van der Waals surface area contributed by atoms with Crippen LogP contribution in [0.2, 0.25) is 0 Å². The smallest absolute Gasteiger partial charge is 0.161 e. The number of hydrogen-bond donors (Lipinski definition) is 1. The third-order valence-electron chi connectivity index (χ3n) is 4.80. The third-order valence-corrected chi connectivity index (χ3v) is 4.80. The van der Waals surface area contributed by atoms with E-state index in [4.69, 9.17) is 9.47 Å². The molecule has 0 fully saturated rings. The van der Waals surface area contributed by atoms with Crippen molar-refractivity contribution in [3.05, 3.63) is 28.8 Å². The second kappa shape index (κ2) is 10.5. The van der Waals surface area contributed by atoms with Gasteiger partial charge in [-0.3, -0.25) is 0 Å². The zero-order chi connectivity index (χ0) is 18.1. The normalized spacial score (nSPS) is 15.8. The summed E-state index contributed by atoms with van der Waals surface area (Å²) in [4.78, 5) is 0. The molecule has 2 rings (SSSR count). The zero-order valence-electron chi connectivity index (χ0n) is 16.1. The SMILES string of the molecule is CCCCCCCCCC1=Cc2cc(OCC)c(OCC)cc2C1O. The molecule has 1 aliphatic carbocycles. The van der Waals surface area contributed by atoms with Gasteiger partial charge < -0.3 is 14.6 Å². The van der Waals surface area contributed by atoms with E-state index < -0.39 is 6.10 Å². The molecule has 0 saturated heterocycles. The van der Waals surface area contributed by atoms with Crippen LogP contribution in [0.15, 0.2) is 17.7 Å². The van der Waals surface area contributed by atoms with Crippen LogP contribution >= 0.6 is 0 Å². The Morgan fingerprint density at radius 1 is 0.840 bits per heavy atom. The molecule has 3 heteroatoms. The van der Waals surface area contributed by atoms with Gasteiger partial charge in [0.1, 0.15) is 6.10 Å². The quantitative estimate of drug-likeness (QED) is 0.468. The standard InChI is InChI=1S/C22H34O3/c1-4-7-8-9-10-11-12-13-17-14-18-15-20(24-5-2)21(25-6-3)16-19(18)22(17)23/h14-16,22-23H,4-13H2,1-3H3. The van der Waals surface area contributed by atoms with Crippen molar-refractivity contribution < 1.29 is 14.6 Å². The Hall–Kier alpha value is -1.48. The molecule has 25 heavy (non-hydrogen) atoms. The number of unbranched alkanes of at least 4 members (excludes halogenated alkanes) is 6. The molecule has 0 saturated carbocycles. The summed E-state index contributed by atoms with van der Waals surface area (Å²) in [5.74, 6) is 1.50. The molecule has 1 unspecified atom stereocenters. The molecular formula is C22H34O3. The molecule has 0 heterocycles. The topological polar surface area (TPSA) is 38.7 Å². The van der Waals surface area contributed by atoms with Gasteiger partial charge in [0.25, 0.3) is 0 Å². The molecule has 0 amide bonds. The average Bonchev–Trinajstić information content (AvgIpc) is 2.90. The predicted molar refractivity (Wildman–Crippen MR) is 104 cm³/mol. The largest absolute Gasteiger partial charge is 0.490 e. The lowest BCUT2D eigenvalue weighted by molar-refractivity contribution is 0.213. The number of aliphatic hydroxyl groups is 1. The number of fused-ring (bicyclic) bond motifs is 1. The van der Waals surface area contributed by atoms with Gasteiger partial charge in [0.2, 0.25) is 0 Å². The van der Waals surface area contributed by atoms with Crippen LogP contribution in [0.4, 0.5) is 0 Å². The molecule has 140 valence electrons. The highest BCUT2D eigenvalue weighted by atomic mass is 16.5. The lowest BCUT2D eigenvalue weighted by Gasteiger charge is -2.15. The molecule has 1 N–H and O–H groups in total. The molecule has 0 aliphatic heterocycles. The van der Waals surface area contributed by atoms with Crippen molar-refractivity contribution in [1.82, 2.24) is 0 Å². The van der Waals surface area contributed by atoms with Crippen molar-refractivity contribution in [2.24, 2.45) is 0 Å². The molecule has 1 aliphatic rings. The highest BCUT2D eigenvalue weighted by molar-refractivity contribution is 5.69. The molecular weight excluding hydrogens is 312 g/mol. The maximum absolute atomic E-state index is 10.7. The lowest BCUT2D eigenvalue weighted by Crippen LogP contribution is -2.02. The molecule has 1 aromatic rings. The Balaban J connectivity index is 1.92. The van der Waals surface area contributed by atoms with E-state index in [1.165, 1.54) is 38.5 Å². The van der Waals surface area contributed by atoms with Crippen molar-refractivity contribution in [2.75, 3.05) is 13.2 Å². The molecule has 3 nitrogen and oxygen atoms in total. The summed E-state index contributed by atoms with van der Waals surface area (Å²) in [5.41, 5.74) is 3.14. The second-order valence-corrected chi connectivity index (χ2v) is 6.79. The summed E-state index contributed by atoms with van der Waals surface area (Å²) in [6, 6.07) is 3.95. The van der Waals surface area contributed by atoms with E-state index in [1.54, 1.807) is 0 Å². The summed E-state index contributed by atoms with van der Waals surface area (Å²) in [7, 11) is 0. The summed E-state index contributed by atoms with van der Waals surface area (Å²) in [5, 5.41) is 10.7. The summed E-state index contributed by atoms with van der Waals surface area (Å²) < 4.78 is 11.4. The minimum absolute atomic E-state index is 0.495. The van der Waals surface area contributed by atoms with Crippen molar-refractivity contribution in [3.8, 4) is 11.5 Å². The van der Waals surface area contributed by atoms with Crippen molar-refractivity contribution in [2.45, 2.75) is 78.2 Å². The molecule has 0 radical (unpaired) electrons. The summed E-state index contributed by atoms with van der Waals surface area (Å²) in [6.45, 7) is 7.38. The second-order valence-electron chi connectivity index (χ2n) is 6.79. The van der Waals surface area contributed by atoms with E-state index in [9.17, 15) is 5.11 Å². The Labute approximate surface area is 153 Å². The van der Waals surface area contributed by atoms with Gasteiger partial charge in [0, 0.05) is 0 Å². The molecule has 1 aromatic carbocycles. The Bertz CT molecular complexity index is 563. The molecule has 1 atom stereocenters. The van der Waals surface area contributed by atoms with Gasteiger partial charge in [0.05, 0.1) is 13.2 Å². The minimum Gasteiger partial charge on any atom is -0.490 e. The van der Waals surface area contributed by atoms with Crippen molar-refractivity contribution >= 4 is 6.08 Å². The van der Waals surface area contributed by atoms with Gasteiger partial charge in [-0.1, -0.05) is 51.5 Å². The van der Waals surface area contributed by atoms with E-state index in [0.717, 1.165) is 41.0 Å². The fourth-order valence-corrected chi connectivity index (χ4v) is 3.46. The monoisotopic (exact) mass is 346 g/mol. The lowest BCUT2D eigenvalue weighted by atomic mass is 10.0. The van der Waals surface area contributed by atoms with Gasteiger partial charge in [-0.15, -0.1) is 0 Å². The number of aliphatic hydroxyl groups excluding tert-OH is 1. The van der Waals surface area contributed by atoms with E-state index in [2.05, 4.69) is 13.0 Å². The van der Waals surface area contributed by atoms with E-state index in [-0.39, 0.29) is 0 Å². The first-order valence-electron chi connectivity index (χ1n) is 10.0. The van der Waals surface area contributed by atoms with Gasteiger partial charge >= 0.3 is 0 Å². The maximum atomic E-state index is 10.7. The van der Waals surface area contributed by atoms with Crippen LogP contribution in [0.1, 0.15) is 89.4 Å². The Kier molecular flexibility index (Phi) is 8.33. The first-order chi connectivity index (χ1) is 12.2. The first-order valence-corrected chi connectivity index (χ1v) is 10.0. The van der Waals surface area contributed by atoms with E-state index in [1.807, 2.05) is 26.0 Å². The van der Waals surface area contributed by atoms with Crippen LogP contribution in [-0.4, -0.2) is 18.3 Å². The fraction of sp³-hybridized carbons (Fsp3) is 0.636. The maximum Gasteiger partial charge on any atom is 0.161 e. The van der Waals surface area contributed by atoms with Gasteiger partial charge in [-0.25, -0.2) is 0 Å².